The largest absolute Gasteiger partial charge is 0.468 e. The van der Waals surface area contributed by atoms with Crippen molar-refractivity contribution in [1.82, 2.24) is 30.1 Å². The summed E-state index contributed by atoms with van der Waals surface area (Å²) in [5.41, 5.74) is -0.0379. The second-order valence-electron chi connectivity index (χ2n) is 13.9. The number of hydrogen-bond donors (Lipinski definition) is 2. The van der Waals surface area contributed by atoms with Crippen LogP contribution in [0.3, 0.4) is 0 Å². The number of ether oxygens (including phenoxy) is 3. The summed E-state index contributed by atoms with van der Waals surface area (Å²) in [6.45, 7) is 4.04. The molecule has 2 bridgehead atoms. The summed E-state index contributed by atoms with van der Waals surface area (Å²) in [6.07, 6.45) is 1.66. The van der Waals surface area contributed by atoms with Crippen LogP contribution in [0.2, 0.25) is 5.02 Å². The van der Waals surface area contributed by atoms with Gasteiger partial charge in [0.2, 0.25) is 0 Å². The normalized spacial score (nSPS) is 28.0. The van der Waals surface area contributed by atoms with E-state index in [-0.39, 0.29) is 31.0 Å². The lowest BCUT2D eigenvalue weighted by Crippen LogP contribution is -2.61. The number of amides is 1. The fraction of sp³-hybridized carbons (Fsp3) is 0.486. The number of carboxylic acid groups (broad SMARTS) is 1. The molecule has 4 saturated heterocycles. The lowest BCUT2D eigenvalue weighted by atomic mass is 9.82. The summed E-state index contributed by atoms with van der Waals surface area (Å²) in [6, 6.07) is 8.75. The number of aromatic nitrogens is 3. The molecule has 3 unspecified atom stereocenters. The van der Waals surface area contributed by atoms with Crippen molar-refractivity contribution in [3.8, 4) is 23.0 Å². The maximum Gasteiger partial charge on any atom is 0.408 e. The number of piperazine rings is 1. The van der Waals surface area contributed by atoms with Crippen LogP contribution in [0.1, 0.15) is 44.2 Å². The number of pyridine rings is 1. The van der Waals surface area contributed by atoms with Crippen LogP contribution in [0.5, 0.6) is 11.8 Å². The minimum Gasteiger partial charge on any atom is -0.468 e. The van der Waals surface area contributed by atoms with Crippen LogP contribution < -0.4 is 14.8 Å². The second-order valence-corrected chi connectivity index (χ2v) is 14.3. The Labute approximate surface area is 286 Å². The molecule has 4 fully saturated rings. The van der Waals surface area contributed by atoms with Crippen LogP contribution in [0.15, 0.2) is 36.5 Å². The third-order valence-electron chi connectivity index (χ3n) is 11.0. The molecule has 2 aromatic heterocycles. The van der Waals surface area contributed by atoms with E-state index in [0.717, 1.165) is 31.0 Å². The number of hydrogen-bond acceptors (Lipinski definition) is 9. The fourth-order valence-corrected chi connectivity index (χ4v) is 9.19. The minimum atomic E-state index is -1.03. The molecule has 5 atom stereocenters. The van der Waals surface area contributed by atoms with Crippen molar-refractivity contribution in [3.63, 3.8) is 0 Å². The Morgan fingerprint density at radius 3 is 2.88 bits per heavy atom. The Bertz CT molecular complexity index is 1970. The molecule has 0 radical (unpaired) electrons. The van der Waals surface area contributed by atoms with E-state index in [4.69, 9.17) is 30.8 Å². The van der Waals surface area contributed by atoms with Crippen LogP contribution in [0.4, 0.5) is 13.6 Å². The second kappa shape index (κ2) is 12.1. The molecule has 4 aliphatic rings. The van der Waals surface area contributed by atoms with Crippen molar-refractivity contribution < 1.29 is 32.9 Å². The number of methoxy groups -OCH3 is 1. The number of nitrogens with zero attached hydrogens (tertiary/aromatic N) is 5. The van der Waals surface area contributed by atoms with E-state index >= 15 is 4.39 Å². The van der Waals surface area contributed by atoms with Gasteiger partial charge in [-0.1, -0.05) is 23.7 Å². The maximum absolute atomic E-state index is 16.1. The molecule has 11 nitrogen and oxygen atoms in total. The van der Waals surface area contributed by atoms with Crippen molar-refractivity contribution in [3.05, 3.63) is 53.1 Å². The standard InChI is InChI=1S/C35H37ClF2N6O5/c1-34-16-39-13-21(44(34)33(45)46)10-24(34)30-28-29(23-11-22(49-18-47-2)9-19-5-3-6-25(36)27(19)23)40-14-26(38)31(28)42-32(41-30)48-17-35-7-4-8-43(35)15-20(37)12-35/h3,5-6,9,11,14,20-21,24,39H,4,7-8,10,12-13,15-18H2,1-2H3,(H,45,46)/t20-,21?,24?,34?,35+/m0/s1. The van der Waals surface area contributed by atoms with Gasteiger partial charge in [0.15, 0.2) is 12.6 Å². The molecular formula is C35H37ClF2N6O5. The average molecular weight is 695 g/mol. The first-order valence-corrected chi connectivity index (χ1v) is 16.9. The molecular weight excluding hydrogens is 658 g/mol. The highest BCUT2D eigenvalue weighted by Gasteiger charge is 2.56. The van der Waals surface area contributed by atoms with Gasteiger partial charge in [-0.2, -0.15) is 9.97 Å². The first kappa shape index (κ1) is 32.3. The minimum absolute atomic E-state index is 0.0000787. The molecule has 258 valence electrons. The zero-order chi connectivity index (χ0) is 34.1. The summed E-state index contributed by atoms with van der Waals surface area (Å²) in [5.74, 6) is -0.670. The zero-order valence-electron chi connectivity index (χ0n) is 27.2. The van der Waals surface area contributed by atoms with Gasteiger partial charge in [-0.15, -0.1) is 0 Å². The van der Waals surface area contributed by atoms with Crippen LogP contribution in [0.25, 0.3) is 32.9 Å². The van der Waals surface area contributed by atoms with Gasteiger partial charge >= 0.3 is 12.1 Å². The molecule has 1 amide bonds. The van der Waals surface area contributed by atoms with E-state index in [1.807, 2.05) is 25.1 Å². The monoisotopic (exact) mass is 694 g/mol. The first-order valence-electron chi connectivity index (χ1n) is 16.6. The molecule has 14 heteroatoms. The predicted molar refractivity (Wildman–Crippen MR) is 179 cm³/mol. The average Bonchev–Trinajstić information content (AvgIpc) is 3.66. The molecule has 0 aliphatic carbocycles. The number of nitrogens with one attached hydrogen (secondary N) is 1. The summed E-state index contributed by atoms with van der Waals surface area (Å²) in [7, 11) is 1.53. The van der Waals surface area contributed by atoms with E-state index in [2.05, 4.69) is 20.2 Å². The van der Waals surface area contributed by atoms with Crippen molar-refractivity contribution in [2.24, 2.45) is 0 Å². The SMILES string of the molecule is COCOc1cc(-c2ncc(F)c3nc(OC[C@]45CCCN4C[C@@H](F)C5)nc(C4CC5CNCC4(C)N5C(=O)O)c23)c2c(Cl)cccc2c1. The van der Waals surface area contributed by atoms with E-state index < -0.39 is 35.1 Å². The molecule has 8 rings (SSSR count). The lowest BCUT2D eigenvalue weighted by Gasteiger charge is -2.43. The molecule has 0 saturated carbocycles. The molecule has 2 N–H and O–H groups in total. The van der Waals surface area contributed by atoms with Gasteiger partial charge < -0.3 is 24.6 Å². The highest BCUT2D eigenvalue weighted by atomic mass is 35.5. The number of benzene rings is 2. The first-order chi connectivity index (χ1) is 23.6. The third-order valence-corrected chi connectivity index (χ3v) is 11.3. The highest BCUT2D eigenvalue weighted by molar-refractivity contribution is 6.37. The van der Waals surface area contributed by atoms with Crippen molar-refractivity contribution in [2.45, 2.75) is 61.8 Å². The topological polar surface area (TPSA) is 122 Å². The van der Waals surface area contributed by atoms with Crippen LogP contribution in [-0.2, 0) is 4.74 Å². The van der Waals surface area contributed by atoms with Gasteiger partial charge in [0.25, 0.3) is 0 Å². The van der Waals surface area contributed by atoms with Gasteiger partial charge in [-0.25, -0.2) is 13.6 Å². The van der Waals surface area contributed by atoms with Gasteiger partial charge in [-0.05, 0) is 56.3 Å². The molecule has 6 heterocycles. The third kappa shape index (κ3) is 5.24. The Morgan fingerprint density at radius 1 is 1.22 bits per heavy atom. The molecule has 4 aromatic rings. The van der Waals surface area contributed by atoms with Gasteiger partial charge in [0, 0.05) is 61.1 Å². The van der Waals surface area contributed by atoms with Crippen molar-refractivity contribution >= 4 is 39.4 Å². The van der Waals surface area contributed by atoms with Crippen LogP contribution in [0, 0.1) is 5.82 Å². The summed E-state index contributed by atoms with van der Waals surface area (Å²) in [5, 5.41) is 16.0. The molecule has 49 heavy (non-hydrogen) atoms. The highest BCUT2D eigenvalue weighted by Crippen LogP contribution is 2.50. The van der Waals surface area contributed by atoms with Crippen molar-refractivity contribution in [1.29, 1.82) is 0 Å². The number of rotatable bonds is 8. The summed E-state index contributed by atoms with van der Waals surface area (Å²) >= 11 is 6.82. The zero-order valence-corrected chi connectivity index (χ0v) is 28.0. The van der Waals surface area contributed by atoms with Crippen LogP contribution in [-0.4, -0.2) is 106 Å². The van der Waals surface area contributed by atoms with Crippen molar-refractivity contribution in [2.75, 3.05) is 46.7 Å². The van der Waals surface area contributed by atoms with E-state index in [1.165, 1.54) is 12.0 Å². The van der Waals surface area contributed by atoms with E-state index in [0.29, 0.717) is 71.0 Å². The Hall–Kier alpha value is -3.91. The fourth-order valence-electron chi connectivity index (χ4n) is 8.90. The molecule has 2 aromatic carbocycles. The Kier molecular flexibility index (Phi) is 8.01. The molecule has 0 spiro atoms. The number of alkyl halides is 1. The summed E-state index contributed by atoms with van der Waals surface area (Å²) < 4.78 is 48.0. The maximum atomic E-state index is 16.1. The number of carbonyl (C=O) groups is 1. The summed E-state index contributed by atoms with van der Waals surface area (Å²) in [4.78, 5) is 30.5. The van der Waals surface area contributed by atoms with E-state index in [9.17, 15) is 14.3 Å². The quantitative estimate of drug-likeness (QED) is 0.220. The Balaban J connectivity index is 1.35. The smallest absolute Gasteiger partial charge is 0.408 e. The van der Waals surface area contributed by atoms with Gasteiger partial charge in [0.1, 0.15) is 24.0 Å². The lowest BCUT2D eigenvalue weighted by molar-refractivity contribution is 0.0512. The predicted octanol–water partition coefficient (Wildman–Crippen LogP) is 5.77. The number of fused-ring (bicyclic) bond motifs is 5. The number of halogens is 3. The van der Waals surface area contributed by atoms with E-state index in [1.54, 1.807) is 12.1 Å². The molecule has 4 aliphatic heterocycles. The Morgan fingerprint density at radius 2 is 2.08 bits per heavy atom. The van der Waals surface area contributed by atoms with Gasteiger partial charge in [-0.3, -0.25) is 14.8 Å². The van der Waals surface area contributed by atoms with Crippen LogP contribution >= 0.6 is 11.6 Å². The van der Waals surface area contributed by atoms with Gasteiger partial charge in [0.05, 0.1) is 34.0 Å².